The second-order valence-corrected chi connectivity index (χ2v) is 11.3. The highest BCUT2D eigenvalue weighted by molar-refractivity contribution is 5.92. The first kappa shape index (κ1) is 25.3. The Morgan fingerprint density at radius 2 is 1.87 bits per heavy atom. The standard InChI is InChI=1S/C30H28F2N2O5/c1-30(2,3)39-29(37)33-13-12-18-17(15-33)10-11-19-26(35)24-23(38-27(18)19)14-22(16-6-4-7-16)34(28(24)36)21-9-5-8-20(31)25(21)32/h5,8-11,14,16H,4,6-7,12-13,15H2,1-3H3. The normalized spacial score (nSPS) is 15.9. The van der Waals surface area contributed by atoms with Crippen LogP contribution in [0.2, 0.25) is 0 Å². The van der Waals surface area contributed by atoms with Gasteiger partial charge >= 0.3 is 6.09 Å². The molecule has 0 radical (unpaired) electrons. The molecule has 2 aliphatic rings. The van der Waals surface area contributed by atoms with Gasteiger partial charge in [0.25, 0.3) is 5.56 Å². The van der Waals surface area contributed by atoms with Crippen LogP contribution in [0.1, 0.15) is 62.8 Å². The van der Waals surface area contributed by atoms with Crippen molar-refractivity contribution < 1.29 is 22.7 Å². The lowest BCUT2D eigenvalue weighted by atomic mass is 9.82. The fourth-order valence-electron chi connectivity index (χ4n) is 5.46. The molecule has 6 rings (SSSR count). The molecule has 4 aromatic rings. The van der Waals surface area contributed by atoms with E-state index >= 15 is 0 Å². The van der Waals surface area contributed by atoms with Gasteiger partial charge in [0.15, 0.2) is 11.6 Å². The summed E-state index contributed by atoms with van der Waals surface area (Å²) in [7, 11) is 0. The van der Waals surface area contributed by atoms with Crippen molar-refractivity contribution in [1.29, 1.82) is 0 Å². The van der Waals surface area contributed by atoms with Crippen LogP contribution in [0.5, 0.6) is 0 Å². The van der Waals surface area contributed by atoms with Gasteiger partial charge < -0.3 is 14.1 Å². The summed E-state index contributed by atoms with van der Waals surface area (Å²) in [6.45, 7) is 6.12. The van der Waals surface area contributed by atoms with Gasteiger partial charge in [-0.25, -0.2) is 13.6 Å². The molecule has 1 fully saturated rings. The largest absolute Gasteiger partial charge is 0.455 e. The molecule has 0 N–H and O–H groups in total. The third-order valence-electron chi connectivity index (χ3n) is 7.58. The molecule has 2 aromatic heterocycles. The maximum absolute atomic E-state index is 14.9. The molecular formula is C30H28F2N2O5. The summed E-state index contributed by atoms with van der Waals surface area (Å²) in [4.78, 5) is 41.7. The Balaban J connectivity index is 1.53. The number of ether oxygens (including phenoxy) is 1. The molecule has 2 aromatic carbocycles. The second-order valence-electron chi connectivity index (χ2n) is 11.3. The van der Waals surface area contributed by atoms with Crippen molar-refractivity contribution in [2.24, 2.45) is 0 Å². The van der Waals surface area contributed by atoms with Gasteiger partial charge in [0.2, 0.25) is 5.43 Å². The Morgan fingerprint density at radius 3 is 2.56 bits per heavy atom. The van der Waals surface area contributed by atoms with Gasteiger partial charge in [-0.05, 0) is 69.7 Å². The third-order valence-corrected chi connectivity index (χ3v) is 7.58. The zero-order valence-electron chi connectivity index (χ0n) is 22.0. The van der Waals surface area contributed by atoms with Gasteiger partial charge in [0.1, 0.15) is 22.2 Å². The highest BCUT2D eigenvalue weighted by Gasteiger charge is 2.30. The van der Waals surface area contributed by atoms with E-state index in [0.29, 0.717) is 30.8 Å². The molecule has 1 saturated carbocycles. The van der Waals surface area contributed by atoms with Crippen LogP contribution in [-0.2, 0) is 17.7 Å². The summed E-state index contributed by atoms with van der Waals surface area (Å²) in [6, 6.07) is 8.63. The maximum atomic E-state index is 14.9. The number of halogens is 2. The Morgan fingerprint density at radius 1 is 1.10 bits per heavy atom. The van der Waals surface area contributed by atoms with Crippen molar-refractivity contribution in [2.75, 3.05) is 6.54 Å². The quantitative estimate of drug-likeness (QED) is 0.298. The number of pyridine rings is 1. The number of nitrogens with zero attached hydrogens (tertiary/aromatic N) is 2. The summed E-state index contributed by atoms with van der Waals surface area (Å²) in [6.07, 6.45) is 2.56. The van der Waals surface area contributed by atoms with Gasteiger partial charge in [0, 0.05) is 30.4 Å². The van der Waals surface area contributed by atoms with Gasteiger partial charge in [-0.1, -0.05) is 18.6 Å². The minimum absolute atomic E-state index is 0.0437. The Kier molecular flexibility index (Phi) is 5.86. The minimum atomic E-state index is -1.15. The first-order chi connectivity index (χ1) is 18.5. The molecule has 7 nitrogen and oxygen atoms in total. The molecule has 0 unspecified atom stereocenters. The van der Waals surface area contributed by atoms with Crippen LogP contribution in [0, 0.1) is 11.6 Å². The molecule has 0 saturated heterocycles. The zero-order valence-corrected chi connectivity index (χ0v) is 22.0. The molecule has 1 aliphatic carbocycles. The fourth-order valence-corrected chi connectivity index (χ4v) is 5.46. The second kappa shape index (κ2) is 9.03. The van der Waals surface area contributed by atoms with Gasteiger partial charge in [-0.15, -0.1) is 0 Å². The number of aromatic nitrogens is 1. The van der Waals surface area contributed by atoms with Crippen LogP contribution >= 0.6 is 0 Å². The van der Waals surface area contributed by atoms with Crippen LogP contribution in [-0.4, -0.2) is 27.7 Å². The molecule has 0 bridgehead atoms. The first-order valence-electron chi connectivity index (χ1n) is 13.1. The summed E-state index contributed by atoms with van der Waals surface area (Å²) < 4.78 is 41.9. The molecule has 1 amide bonds. The summed E-state index contributed by atoms with van der Waals surface area (Å²) in [5, 5.41) is 0.0205. The van der Waals surface area contributed by atoms with E-state index in [2.05, 4.69) is 0 Å². The summed E-state index contributed by atoms with van der Waals surface area (Å²) in [5.74, 6) is -2.26. The molecule has 9 heteroatoms. The van der Waals surface area contributed by atoms with E-state index in [0.717, 1.165) is 41.0 Å². The highest BCUT2D eigenvalue weighted by atomic mass is 19.2. The number of hydrogen-bond donors (Lipinski definition) is 0. The first-order valence-corrected chi connectivity index (χ1v) is 13.1. The summed E-state index contributed by atoms with van der Waals surface area (Å²) in [5.41, 5.74) is 0.517. The zero-order chi connectivity index (χ0) is 27.6. The average Bonchev–Trinajstić information content (AvgIpc) is 2.84. The average molecular weight is 535 g/mol. The number of carbonyl (C=O) groups excluding carboxylic acids is 1. The van der Waals surface area contributed by atoms with Crippen LogP contribution in [0.15, 0.2) is 50.4 Å². The highest BCUT2D eigenvalue weighted by Crippen LogP contribution is 2.38. The summed E-state index contributed by atoms with van der Waals surface area (Å²) >= 11 is 0. The minimum Gasteiger partial charge on any atom is -0.455 e. The number of fused-ring (bicyclic) bond motifs is 4. The number of carbonyl (C=O) groups is 1. The van der Waals surface area contributed by atoms with E-state index in [-0.39, 0.29) is 28.0 Å². The van der Waals surface area contributed by atoms with Crippen LogP contribution in [0.4, 0.5) is 13.6 Å². The molecule has 1 aliphatic heterocycles. The molecule has 0 spiro atoms. The monoisotopic (exact) mass is 534 g/mol. The lowest BCUT2D eigenvalue weighted by molar-refractivity contribution is 0.0224. The molecule has 0 atom stereocenters. The number of benzene rings is 2. The van der Waals surface area contributed by atoms with E-state index in [1.165, 1.54) is 12.1 Å². The van der Waals surface area contributed by atoms with E-state index in [9.17, 15) is 23.2 Å². The lowest BCUT2D eigenvalue weighted by Crippen LogP contribution is -2.40. The smallest absolute Gasteiger partial charge is 0.410 e. The third kappa shape index (κ3) is 4.20. The van der Waals surface area contributed by atoms with Crippen molar-refractivity contribution in [3.05, 3.63) is 85.4 Å². The van der Waals surface area contributed by atoms with Gasteiger partial charge in [-0.3, -0.25) is 14.2 Å². The van der Waals surface area contributed by atoms with Crippen molar-refractivity contribution >= 4 is 28.0 Å². The topological polar surface area (TPSA) is 81.8 Å². The predicted molar refractivity (Wildman–Crippen MR) is 142 cm³/mol. The Hall–Kier alpha value is -4.01. The fraction of sp³-hybridized carbons (Fsp3) is 0.367. The number of amides is 1. The molecular weight excluding hydrogens is 506 g/mol. The molecule has 39 heavy (non-hydrogen) atoms. The van der Waals surface area contributed by atoms with Crippen molar-refractivity contribution in [2.45, 2.75) is 64.5 Å². The van der Waals surface area contributed by atoms with Crippen LogP contribution in [0.3, 0.4) is 0 Å². The van der Waals surface area contributed by atoms with E-state index in [1.807, 2.05) is 20.8 Å². The van der Waals surface area contributed by atoms with E-state index in [4.69, 9.17) is 9.15 Å². The Labute approximate surface area is 222 Å². The van der Waals surface area contributed by atoms with E-state index in [1.54, 1.807) is 23.1 Å². The maximum Gasteiger partial charge on any atom is 0.410 e. The predicted octanol–water partition coefficient (Wildman–Crippen LogP) is 5.94. The number of hydrogen-bond acceptors (Lipinski definition) is 5. The lowest BCUT2D eigenvalue weighted by Gasteiger charge is -2.31. The van der Waals surface area contributed by atoms with Gasteiger partial charge in [-0.2, -0.15) is 0 Å². The van der Waals surface area contributed by atoms with Crippen molar-refractivity contribution in [3.63, 3.8) is 0 Å². The Bertz CT molecular complexity index is 1780. The molecule has 202 valence electrons. The SMILES string of the molecule is CC(C)(C)OC(=O)N1CCc2c(ccc3c(=O)c4c(=O)n(-c5cccc(F)c5F)c(C5CCC5)cc4oc23)C1. The molecule has 3 heterocycles. The van der Waals surface area contributed by atoms with Crippen LogP contribution in [0.25, 0.3) is 27.6 Å². The van der Waals surface area contributed by atoms with E-state index < -0.39 is 34.3 Å². The van der Waals surface area contributed by atoms with Crippen molar-refractivity contribution in [3.8, 4) is 5.69 Å². The van der Waals surface area contributed by atoms with Gasteiger partial charge in [0.05, 0.1) is 11.1 Å². The number of rotatable bonds is 2. The van der Waals surface area contributed by atoms with Crippen LogP contribution < -0.4 is 11.0 Å². The van der Waals surface area contributed by atoms with Crippen molar-refractivity contribution in [1.82, 2.24) is 9.47 Å².